The van der Waals surface area contributed by atoms with Crippen LogP contribution in [-0.4, -0.2) is 47.9 Å². The normalized spacial score (nSPS) is 11.6. The lowest BCUT2D eigenvalue weighted by molar-refractivity contribution is 0.200. The van der Waals surface area contributed by atoms with Crippen molar-refractivity contribution in [2.75, 3.05) is 26.6 Å². The molecule has 0 spiro atoms. The van der Waals surface area contributed by atoms with Crippen molar-refractivity contribution in [3.05, 3.63) is 109 Å². The Kier molecular flexibility index (Phi) is 9.26. The fourth-order valence-electron chi connectivity index (χ4n) is 5.22. The summed E-state index contributed by atoms with van der Waals surface area (Å²) in [5, 5.41) is 5.20. The lowest BCUT2D eigenvalue weighted by Gasteiger charge is -2.15. The van der Waals surface area contributed by atoms with Gasteiger partial charge in [-0.25, -0.2) is 9.78 Å². The number of rotatable bonds is 11. The number of anilines is 1. The van der Waals surface area contributed by atoms with Crippen molar-refractivity contribution in [3.8, 4) is 34.3 Å². The van der Waals surface area contributed by atoms with Gasteiger partial charge in [-0.1, -0.05) is 42.5 Å². The van der Waals surface area contributed by atoms with Crippen molar-refractivity contribution < 1.29 is 23.7 Å². The van der Waals surface area contributed by atoms with E-state index in [1.165, 1.54) is 0 Å². The summed E-state index contributed by atoms with van der Waals surface area (Å²) in [6.07, 6.45) is 5.09. The molecule has 3 aromatic heterocycles. The summed E-state index contributed by atoms with van der Waals surface area (Å²) < 4.78 is 22.4. The quantitative estimate of drug-likeness (QED) is 0.152. The van der Waals surface area contributed by atoms with Crippen molar-refractivity contribution in [1.29, 1.82) is 0 Å². The molecule has 1 atom stereocenters. The molecule has 3 aromatic carbocycles. The molecule has 0 aliphatic rings. The third-order valence-electron chi connectivity index (χ3n) is 7.60. The van der Waals surface area contributed by atoms with Gasteiger partial charge in [-0.15, -0.1) is 0 Å². The highest BCUT2D eigenvalue weighted by atomic mass is 16.6. The van der Waals surface area contributed by atoms with E-state index in [0.29, 0.717) is 47.5 Å². The van der Waals surface area contributed by atoms with Crippen LogP contribution in [0.2, 0.25) is 0 Å². The molecule has 6 aromatic rings. The van der Waals surface area contributed by atoms with Crippen LogP contribution >= 0.6 is 0 Å². The second-order valence-electron chi connectivity index (χ2n) is 10.9. The van der Waals surface area contributed by atoms with E-state index in [2.05, 4.69) is 20.3 Å². The fourth-order valence-corrected chi connectivity index (χ4v) is 5.22. The zero-order chi connectivity index (χ0) is 32.8. The molecule has 1 amide bonds. The maximum Gasteiger partial charge on any atom is 0.412 e. The summed E-state index contributed by atoms with van der Waals surface area (Å²) in [5.74, 6) is 2.52. The highest BCUT2D eigenvalue weighted by Gasteiger charge is 2.15. The van der Waals surface area contributed by atoms with E-state index in [-0.39, 0.29) is 12.6 Å². The summed E-state index contributed by atoms with van der Waals surface area (Å²) in [6.45, 7) is 0.648. The first-order chi connectivity index (χ1) is 22.9. The largest absolute Gasteiger partial charge is 0.493 e. The first kappa shape index (κ1) is 31.1. The Hall–Kier alpha value is -5.94. The number of hydrogen-bond donors (Lipinski definition) is 3. The zero-order valence-corrected chi connectivity index (χ0v) is 26.0. The summed E-state index contributed by atoms with van der Waals surface area (Å²) in [4.78, 5) is 25.7. The molecule has 0 saturated carbocycles. The van der Waals surface area contributed by atoms with E-state index in [9.17, 15) is 4.79 Å². The third-order valence-corrected chi connectivity index (χ3v) is 7.60. The van der Waals surface area contributed by atoms with Crippen LogP contribution in [-0.2, 0) is 13.0 Å². The van der Waals surface area contributed by atoms with Gasteiger partial charge in [0.25, 0.3) is 0 Å². The van der Waals surface area contributed by atoms with Crippen LogP contribution in [0.4, 0.5) is 10.6 Å². The highest BCUT2D eigenvalue weighted by Crippen LogP contribution is 2.37. The van der Waals surface area contributed by atoms with E-state index in [1.54, 1.807) is 44.9 Å². The van der Waals surface area contributed by atoms with Gasteiger partial charge in [-0.05, 0) is 53.3 Å². The van der Waals surface area contributed by atoms with E-state index >= 15 is 0 Å². The van der Waals surface area contributed by atoms with Gasteiger partial charge in [-0.3, -0.25) is 9.97 Å². The maximum atomic E-state index is 12.2. The number of nitrogens with zero attached hydrogens (tertiary/aromatic N) is 3. The molecule has 0 saturated heterocycles. The standard InChI is InChI=1S/C36H34N6O5/c1-44-33-15-29-28-14-31(42-35(38)30(28)20-40-32(29)16-34(33)45-2)24-13-27(19-39-18-24)46-21-25(37)12-22-8-10-26(11-9-22)47-36(43)41-17-23-6-4-3-5-7-23/h3-11,13-16,18-20,25H,12,17,21,37H2,1-2H3,(H2,38,42)(H,41,43)/t25-/m0/s1. The number of fused-ring (bicyclic) bond motifs is 3. The molecule has 238 valence electrons. The zero-order valence-electron chi connectivity index (χ0n) is 26.0. The molecule has 0 fully saturated rings. The molecular weight excluding hydrogens is 596 g/mol. The van der Waals surface area contributed by atoms with Crippen LogP contribution in [0.15, 0.2) is 97.5 Å². The molecule has 0 aliphatic carbocycles. The number of carbonyl (C=O) groups is 1. The molecular formula is C36H34N6O5. The Morgan fingerprint density at radius 1 is 0.830 bits per heavy atom. The number of amides is 1. The van der Waals surface area contributed by atoms with Gasteiger partial charge in [0, 0.05) is 47.4 Å². The van der Waals surface area contributed by atoms with Crippen LogP contribution in [0, 0.1) is 0 Å². The molecule has 11 heteroatoms. The van der Waals surface area contributed by atoms with Crippen molar-refractivity contribution in [1.82, 2.24) is 20.3 Å². The van der Waals surface area contributed by atoms with Gasteiger partial charge in [0.15, 0.2) is 11.5 Å². The minimum Gasteiger partial charge on any atom is -0.493 e. The molecule has 0 bridgehead atoms. The number of pyridine rings is 3. The Balaban J connectivity index is 1.09. The van der Waals surface area contributed by atoms with Gasteiger partial charge in [0.2, 0.25) is 0 Å². The molecule has 5 N–H and O–H groups in total. The number of methoxy groups -OCH3 is 2. The summed E-state index contributed by atoms with van der Waals surface area (Å²) >= 11 is 0. The average molecular weight is 631 g/mol. The first-order valence-corrected chi connectivity index (χ1v) is 14.9. The number of aromatic nitrogens is 3. The van der Waals surface area contributed by atoms with Gasteiger partial charge in [-0.2, -0.15) is 0 Å². The Bertz CT molecular complexity index is 2020. The number of nitrogens with one attached hydrogen (secondary N) is 1. The maximum absolute atomic E-state index is 12.2. The van der Waals surface area contributed by atoms with Gasteiger partial charge < -0.3 is 35.7 Å². The van der Waals surface area contributed by atoms with E-state index in [4.69, 9.17) is 30.4 Å². The van der Waals surface area contributed by atoms with E-state index < -0.39 is 6.09 Å². The minimum absolute atomic E-state index is 0.260. The highest BCUT2D eigenvalue weighted by molar-refractivity contribution is 6.10. The molecule has 47 heavy (non-hydrogen) atoms. The van der Waals surface area contributed by atoms with Crippen LogP contribution in [0.1, 0.15) is 11.1 Å². The molecule has 0 radical (unpaired) electrons. The minimum atomic E-state index is -0.518. The second kappa shape index (κ2) is 14.0. The lowest BCUT2D eigenvalue weighted by atomic mass is 10.0. The Morgan fingerprint density at radius 3 is 2.36 bits per heavy atom. The van der Waals surface area contributed by atoms with E-state index in [0.717, 1.165) is 38.4 Å². The van der Waals surface area contributed by atoms with Crippen molar-refractivity contribution >= 4 is 33.6 Å². The van der Waals surface area contributed by atoms with Crippen LogP contribution in [0.3, 0.4) is 0 Å². The number of carbonyl (C=O) groups excluding carboxylic acids is 1. The van der Waals surface area contributed by atoms with E-state index in [1.807, 2.05) is 66.7 Å². The Morgan fingerprint density at radius 2 is 1.60 bits per heavy atom. The monoisotopic (exact) mass is 630 g/mol. The molecule has 6 rings (SSSR count). The second-order valence-corrected chi connectivity index (χ2v) is 10.9. The predicted molar refractivity (Wildman–Crippen MR) is 181 cm³/mol. The van der Waals surface area contributed by atoms with Gasteiger partial charge >= 0.3 is 6.09 Å². The topological polar surface area (TPSA) is 157 Å². The first-order valence-electron chi connectivity index (χ1n) is 14.9. The molecule has 0 unspecified atom stereocenters. The van der Waals surface area contributed by atoms with Crippen LogP contribution in [0.5, 0.6) is 23.0 Å². The van der Waals surface area contributed by atoms with Crippen LogP contribution in [0.25, 0.3) is 32.9 Å². The van der Waals surface area contributed by atoms with Crippen molar-refractivity contribution in [3.63, 3.8) is 0 Å². The number of benzene rings is 3. The number of nitrogen functional groups attached to an aromatic ring is 1. The van der Waals surface area contributed by atoms with Gasteiger partial charge in [0.1, 0.15) is 23.9 Å². The van der Waals surface area contributed by atoms with Crippen molar-refractivity contribution in [2.45, 2.75) is 19.0 Å². The predicted octanol–water partition coefficient (Wildman–Crippen LogP) is 5.68. The summed E-state index contributed by atoms with van der Waals surface area (Å²) in [5.41, 5.74) is 16.9. The number of hydrogen-bond acceptors (Lipinski definition) is 10. The smallest absolute Gasteiger partial charge is 0.412 e. The lowest BCUT2D eigenvalue weighted by Crippen LogP contribution is -2.30. The van der Waals surface area contributed by atoms with Crippen molar-refractivity contribution in [2.24, 2.45) is 5.73 Å². The van der Waals surface area contributed by atoms with Gasteiger partial charge in [0.05, 0.1) is 31.6 Å². The Labute approximate surface area is 271 Å². The van der Waals surface area contributed by atoms with Crippen LogP contribution < -0.4 is 35.7 Å². The summed E-state index contributed by atoms with van der Waals surface area (Å²) in [7, 11) is 3.18. The molecule has 11 nitrogen and oxygen atoms in total. The molecule has 3 heterocycles. The third kappa shape index (κ3) is 7.32. The summed E-state index contributed by atoms with van der Waals surface area (Å²) in [6, 6.07) is 24.1. The SMILES string of the molecule is COc1cc2ncc3c(N)nc(-c4cncc(OC[C@@H](N)Cc5ccc(OC(=O)NCc6ccccc6)cc5)c4)cc3c2cc1OC. The molecule has 0 aliphatic heterocycles. The number of ether oxygens (including phenoxy) is 4. The average Bonchev–Trinajstić information content (AvgIpc) is 3.10. The fraction of sp³-hybridized carbons (Fsp3) is 0.167. The number of nitrogens with two attached hydrogens (primary N) is 2.